The molecule has 9 heteroatoms. The number of carboxylic acid groups (broad SMARTS) is 2. The van der Waals surface area contributed by atoms with Gasteiger partial charge in [-0.15, -0.1) is 0 Å². The fourth-order valence-corrected chi connectivity index (χ4v) is 7.43. The maximum absolute atomic E-state index is 12.9. The number of rotatable bonds is 10. The molecule has 0 aromatic carbocycles. The standard InChI is InChI=1S/C30H50N2O7/c1-18-3-5-20(26(15-18)29(34)35)17-38-32-22-8-12-24(13-9-22)39-23-10-6-21(7-11-23)31-28(33)25-14-4-19(2)16-27(25)30(36)37/h18-27,32H,3-17H2,1-2H3,(H,31,33)(H,34,35)(H,36,37). The minimum absolute atomic E-state index is 0.0794. The quantitative estimate of drug-likeness (QED) is 0.291. The number of hydrogen-bond donors (Lipinski definition) is 4. The van der Waals surface area contributed by atoms with E-state index in [9.17, 15) is 24.6 Å². The molecule has 0 heterocycles. The number of aliphatic carboxylic acids is 2. The Morgan fingerprint density at radius 2 is 1.21 bits per heavy atom. The second-order valence-electron chi connectivity index (χ2n) is 13.1. The molecule has 4 N–H and O–H groups in total. The number of hydroxylamine groups is 1. The summed E-state index contributed by atoms with van der Waals surface area (Å²) in [6, 6.07) is 0.385. The highest BCUT2D eigenvalue weighted by Crippen LogP contribution is 2.36. The van der Waals surface area contributed by atoms with Crippen LogP contribution in [0.1, 0.15) is 104 Å². The van der Waals surface area contributed by atoms with E-state index in [0.29, 0.717) is 31.3 Å². The first-order chi connectivity index (χ1) is 18.7. The number of amides is 1. The Morgan fingerprint density at radius 3 is 1.79 bits per heavy atom. The average molecular weight is 551 g/mol. The van der Waals surface area contributed by atoms with Crippen LogP contribution in [0.2, 0.25) is 0 Å². The van der Waals surface area contributed by atoms with E-state index in [0.717, 1.165) is 77.0 Å². The minimum atomic E-state index is -0.846. The highest BCUT2D eigenvalue weighted by atomic mass is 16.6. The van der Waals surface area contributed by atoms with Crippen LogP contribution in [0.3, 0.4) is 0 Å². The van der Waals surface area contributed by atoms with Crippen LogP contribution in [-0.4, -0.2) is 59.0 Å². The highest BCUT2D eigenvalue weighted by Gasteiger charge is 2.39. The molecular weight excluding hydrogens is 500 g/mol. The lowest BCUT2D eigenvalue weighted by atomic mass is 9.74. The third-order valence-electron chi connectivity index (χ3n) is 9.97. The van der Waals surface area contributed by atoms with Gasteiger partial charge in [-0.25, -0.2) is 0 Å². The number of nitrogens with one attached hydrogen (secondary N) is 2. The van der Waals surface area contributed by atoms with Crippen molar-refractivity contribution in [2.45, 2.75) is 128 Å². The van der Waals surface area contributed by atoms with E-state index < -0.39 is 23.8 Å². The van der Waals surface area contributed by atoms with Crippen LogP contribution < -0.4 is 10.8 Å². The summed E-state index contributed by atoms with van der Waals surface area (Å²) in [5.74, 6) is -2.00. The third-order valence-corrected chi connectivity index (χ3v) is 9.97. The summed E-state index contributed by atoms with van der Waals surface area (Å²) in [5, 5.41) is 22.3. The molecule has 0 aliphatic heterocycles. The van der Waals surface area contributed by atoms with Crippen LogP contribution in [-0.2, 0) is 24.0 Å². The van der Waals surface area contributed by atoms with Gasteiger partial charge in [-0.3, -0.25) is 14.4 Å². The van der Waals surface area contributed by atoms with Crippen LogP contribution in [0.4, 0.5) is 0 Å². The number of hydrogen-bond acceptors (Lipinski definition) is 6. The van der Waals surface area contributed by atoms with Crippen LogP contribution in [0, 0.1) is 35.5 Å². The summed E-state index contributed by atoms with van der Waals surface area (Å²) in [7, 11) is 0. The number of carbonyl (C=O) groups is 3. The van der Waals surface area contributed by atoms with E-state index in [4.69, 9.17) is 9.57 Å². The van der Waals surface area contributed by atoms with Crippen molar-refractivity contribution in [3.8, 4) is 0 Å². The van der Waals surface area contributed by atoms with E-state index in [2.05, 4.69) is 24.6 Å². The normalized spacial score (nSPS) is 39.5. The zero-order chi connectivity index (χ0) is 27.9. The van der Waals surface area contributed by atoms with Gasteiger partial charge >= 0.3 is 11.9 Å². The molecule has 4 aliphatic rings. The zero-order valence-corrected chi connectivity index (χ0v) is 23.8. The second kappa shape index (κ2) is 14.3. The number of ether oxygens (including phenoxy) is 1. The smallest absolute Gasteiger partial charge is 0.307 e. The van der Waals surface area contributed by atoms with Crippen molar-refractivity contribution in [3.63, 3.8) is 0 Å². The minimum Gasteiger partial charge on any atom is -0.481 e. The summed E-state index contributed by atoms with van der Waals surface area (Å²) in [5.41, 5.74) is 3.20. The molecule has 39 heavy (non-hydrogen) atoms. The van der Waals surface area contributed by atoms with E-state index in [1.54, 1.807) is 0 Å². The van der Waals surface area contributed by atoms with Gasteiger partial charge in [0.2, 0.25) is 5.91 Å². The maximum atomic E-state index is 12.9. The Morgan fingerprint density at radius 1 is 0.667 bits per heavy atom. The SMILES string of the molecule is CC1CCC(CONC2CCC(OC3CCC(NC(=O)C4CCC(C)CC4C(=O)O)CC3)CC2)C(C(=O)O)C1. The summed E-state index contributed by atoms with van der Waals surface area (Å²) in [6.45, 7) is 4.65. The Balaban J connectivity index is 1.10. The molecule has 4 aliphatic carbocycles. The van der Waals surface area contributed by atoms with Gasteiger partial charge in [0, 0.05) is 12.1 Å². The van der Waals surface area contributed by atoms with Crippen LogP contribution in [0.15, 0.2) is 0 Å². The molecule has 6 atom stereocenters. The highest BCUT2D eigenvalue weighted by molar-refractivity contribution is 5.85. The topological polar surface area (TPSA) is 134 Å². The Labute approximate surface area is 233 Å². The first kappa shape index (κ1) is 30.3. The fourth-order valence-electron chi connectivity index (χ4n) is 7.43. The van der Waals surface area contributed by atoms with Crippen molar-refractivity contribution in [1.29, 1.82) is 0 Å². The van der Waals surface area contributed by atoms with E-state index in [1.165, 1.54) is 0 Å². The van der Waals surface area contributed by atoms with Gasteiger partial charge in [-0.1, -0.05) is 20.3 Å². The fraction of sp³-hybridized carbons (Fsp3) is 0.900. The molecule has 222 valence electrons. The summed E-state index contributed by atoms with van der Waals surface area (Å²) >= 11 is 0. The zero-order valence-electron chi connectivity index (χ0n) is 23.8. The monoisotopic (exact) mass is 550 g/mol. The molecule has 0 radical (unpaired) electrons. The molecule has 6 unspecified atom stereocenters. The molecule has 0 bridgehead atoms. The van der Waals surface area contributed by atoms with Gasteiger partial charge in [0.15, 0.2) is 0 Å². The van der Waals surface area contributed by atoms with E-state index in [-0.39, 0.29) is 42.0 Å². The first-order valence-electron chi connectivity index (χ1n) is 15.5. The van der Waals surface area contributed by atoms with Gasteiger partial charge in [0.05, 0.1) is 36.6 Å². The van der Waals surface area contributed by atoms with Crippen molar-refractivity contribution in [1.82, 2.24) is 10.8 Å². The summed E-state index contributed by atoms with van der Waals surface area (Å²) in [4.78, 5) is 42.0. The van der Waals surface area contributed by atoms with Crippen molar-refractivity contribution in [2.24, 2.45) is 35.5 Å². The Hall–Kier alpha value is -1.71. The molecule has 9 nitrogen and oxygen atoms in total. The molecule has 4 saturated carbocycles. The van der Waals surface area contributed by atoms with E-state index >= 15 is 0 Å². The van der Waals surface area contributed by atoms with Crippen molar-refractivity contribution in [2.75, 3.05) is 6.61 Å². The van der Waals surface area contributed by atoms with Crippen molar-refractivity contribution in [3.05, 3.63) is 0 Å². The predicted molar refractivity (Wildman–Crippen MR) is 146 cm³/mol. The number of carboxylic acids is 2. The third kappa shape index (κ3) is 8.64. The molecule has 0 aromatic rings. The Kier molecular flexibility index (Phi) is 11.1. The Bertz CT molecular complexity index is 822. The predicted octanol–water partition coefficient (Wildman–Crippen LogP) is 4.54. The average Bonchev–Trinajstić information content (AvgIpc) is 2.91. The van der Waals surface area contributed by atoms with Crippen molar-refractivity contribution < 1.29 is 34.2 Å². The van der Waals surface area contributed by atoms with Crippen LogP contribution in [0.5, 0.6) is 0 Å². The van der Waals surface area contributed by atoms with Gasteiger partial charge < -0.3 is 25.1 Å². The van der Waals surface area contributed by atoms with Gasteiger partial charge in [-0.05, 0) is 101 Å². The van der Waals surface area contributed by atoms with Crippen molar-refractivity contribution >= 4 is 17.8 Å². The lowest BCUT2D eigenvalue weighted by molar-refractivity contribution is -0.150. The number of carbonyl (C=O) groups excluding carboxylic acids is 1. The molecule has 4 fully saturated rings. The maximum Gasteiger partial charge on any atom is 0.307 e. The first-order valence-corrected chi connectivity index (χ1v) is 15.5. The van der Waals surface area contributed by atoms with Gasteiger partial charge in [0.1, 0.15) is 0 Å². The lowest BCUT2D eigenvalue weighted by Crippen LogP contribution is -2.46. The summed E-state index contributed by atoms with van der Waals surface area (Å²) < 4.78 is 6.44. The molecule has 0 aromatic heterocycles. The second-order valence-corrected chi connectivity index (χ2v) is 13.1. The van der Waals surface area contributed by atoms with Gasteiger partial charge in [-0.2, -0.15) is 5.48 Å². The lowest BCUT2D eigenvalue weighted by Gasteiger charge is -2.36. The molecule has 4 rings (SSSR count). The summed E-state index contributed by atoms with van der Waals surface area (Å²) in [6.07, 6.45) is 12.8. The van der Waals surface area contributed by atoms with Crippen LogP contribution in [0.25, 0.3) is 0 Å². The van der Waals surface area contributed by atoms with Gasteiger partial charge in [0.25, 0.3) is 0 Å². The molecule has 0 spiro atoms. The molecule has 1 amide bonds. The molecular formula is C30H50N2O7. The van der Waals surface area contributed by atoms with E-state index in [1.807, 2.05) is 0 Å². The van der Waals surface area contributed by atoms with Crippen LogP contribution >= 0.6 is 0 Å². The molecule has 0 saturated heterocycles. The largest absolute Gasteiger partial charge is 0.481 e.